The molecule has 8 heteroatoms. The molecule has 1 aromatic heterocycles. The van der Waals surface area contributed by atoms with Crippen LogP contribution in [0.15, 0.2) is 42.5 Å². The second-order valence-electron chi connectivity index (χ2n) is 4.62. The van der Waals surface area contributed by atoms with Gasteiger partial charge in [-0.15, -0.1) is 11.3 Å². The van der Waals surface area contributed by atoms with Crippen molar-refractivity contribution in [3.63, 3.8) is 0 Å². The van der Waals surface area contributed by atoms with E-state index in [0.717, 1.165) is 28.3 Å². The van der Waals surface area contributed by atoms with Gasteiger partial charge in [0.2, 0.25) is 0 Å². The second kappa shape index (κ2) is 5.94. The number of halogens is 2. The standard InChI is InChI=1S/C15H8ClFN2O3S/c16-13-9-3-1-2-4-12(9)23-14(13)15(20)18-11-6-5-8(19(21)22)7-10(11)17/h1-7H,(H,18,20). The van der Waals surface area contributed by atoms with Crippen molar-refractivity contribution in [1.29, 1.82) is 0 Å². The summed E-state index contributed by atoms with van der Waals surface area (Å²) in [7, 11) is 0. The predicted molar refractivity (Wildman–Crippen MR) is 87.8 cm³/mol. The molecular weight excluding hydrogens is 343 g/mol. The van der Waals surface area contributed by atoms with Crippen LogP contribution in [0.5, 0.6) is 0 Å². The first-order valence-electron chi connectivity index (χ1n) is 6.39. The van der Waals surface area contributed by atoms with Gasteiger partial charge in [-0.1, -0.05) is 29.8 Å². The Kier molecular flexibility index (Phi) is 3.97. The van der Waals surface area contributed by atoms with Crippen molar-refractivity contribution < 1.29 is 14.1 Å². The van der Waals surface area contributed by atoms with E-state index in [2.05, 4.69) is 5.32 Å². The molecule has 1 heterocycles. The Morgan fingerprint density at radius 1 is 1.26 bits per heavy atom. The van der Waals surface area contributed by atoms with Gasteiger partial charge in [0.15, 0.2) is 5.82 Å². The van der Waals surface area contributed by atoms with Crippen LogP contribution < -0.4 is 5.32 Å². The first-order chi connectivity index (χ1) is 11.0. The largest absolute Gasteiger partial charge is 0.319 e. The lowest BCUT2D eigenvalue weighted by Gasteiger charge is -2.05. The minimum atomic E-state index is -0.884. The van der Waals surface area contributed by atoms with Crippen LogP contribution in [0.4, 0.5) is 15.8 Å². The number of nitrogens with one attached hydrogen (secondary N) is 1. The Labute approximate surface area is 138 Å². The summed E-state index contributed by atoms with van der Waals surface area (Å²) in [6.07, 6.45) is 0. The smallest absolute Gasteiger partial charge is 0.272 e. The highest BCUT2D eigenvalue weighted by Gasteiger charge is 2.19. The number of carbonyl (C=O) groups is 1. The topological polar surface area (TPSA) is 72.2 Å². The number of nitrogens with zero attached hydrogens (tertiary/aromatic N) is 1. The Hall–Kier alpha value is -2.51. The minimum Gasteiger partial charge on any atom is -0.319 e. The maximum Gasteiger partial charge on any atom is 0.272 e. The van der Waals surface area contributed by atoms with Crippen LogP contribution in [0.3, 0.4) is 0 Å². The molecule has 0 spiro atoms. The molecular formula is C15H8ClFN2O3S. The number of hydrogen-bond acceptors (Lipinski definition) is 4. The van der Waals surface area contributed by atoms with E-state index in [1.807, 2.05) is 12.1 Å². The first-order valence-corrected chi connectivity index (χ1v) is 7.59. The number of benzene rings is 2. The average Bonchev–Trinajstić information content (AvgIpc) is 2.87. The molecule has 0 atom stereocenters. The molecule has 0 fully saturated rings. The lowest BCUT2D eigenvalue weighted by Crippen LogP contribution is -2.12. The van der Waals surface area contributed by atoms with E-state index in [4.69, 9.17) is 11.6 Å². The van der Waals surface area contributed by atoms with Crippen LogP contribution in [-0.2, 0) is 0 Å². The maximum atomic E-state index is 13.8. The summed E-state index contributed by atoms with van der Waals surface area (Å²) in [4.78, 5) is 22.4. The number of carbonyl (C=O) groups excluding carboxylic acids is 1. The lowest BCUT2D eigenvalue weighted by molar-refractivity contribution is -0.385. The van der Waals surface area contributed by atoms with Crippen LogP contribution >= 0.6 is 22.9 Å². The molecule has 3 aromatic rings. The quantitative estimate of drug-likeness (QED) is 0.542. The van der Waals surface area contributed by atoms with Gasteiger partial charge in [-0.2, -0.15) is 0 Å². The third-order valence-corrected chi connectivity index (χ3v) is 4.83. The van der Waals surface area contributed by atoms with Crippen LogP contribution in [0.2, 0.25) is 5.02 Å². The fourth-order valence-corrected chi connectivity index (χ4v) is 3.47. The molecule has 1 amide bonds. The van der Waals surface area contributed by atoms with E-state index in [1.54, 1.807) is 12.1 Å². The number of fused-ring (bicyclic) bond motifs is 1. The average molecular weight is 351 g/mol. The van der Waals surface area contributed by atoms with Crippen molar-refractivity contribution in [2.75, 3.05) is 5.32 Å². The second-order valence-corrected chi connectivity index (χ2v) is 6.05. The van der Waals surface area contributed by atoms with Gasteiger partial charge in [-0.25, -0.2) is 4.39 Å². The number of amides is 1. The number of nitro groups is 1. The van der Waals surface area contributed by atoms with E-state index in [-0.39, 0.29) is 16.3 Å². The lowest BCUT2D eigenvalue weighted by atomic mass is 10.2. The highest BCUT2D eigenvalue weighted by molar-refractivity contribution is 7.21. The van der Waals surface area contributed by atoms with Gasteiger partial charge in [-0.3, -0.25) is 14.9 Å². The van der Waals surface area contributed by atoms with Gasteiger partial charge in [-0.05, 0) is 12.1 Å². The van der Waals surface area contributed by atoms with E-state index in [9.17, 15) is 19.3 Å². The summed E-state index contributed by atoms with van der Waals surface area (Å²) in [6.45, 7) is 0. The zero-order chi connectivity index (χ0) is 16.6. The third-order valence-electron chi connectivity index (χ3n) is 3.15. The molecule has 0 aliphatic heterocycles. The molecule has 23 heavy (non-hydrogen) atoms. The third kappa shape index (κ3) is 2.88. The number of non-ortho nitro benzene ring substituents is 1. The molecule has 0 saturated heterocycles. The van der Waals surface area contributed by atoms with E-state index in [0.29, 0.717) is 5.02 Å². The summed E-state index contributed by atoms with van der Waals surface area (Å²) in [5, 5.41) is 14.0. The summed E-state index contributed by atoms with van der Waals surface area (Å²) in [5.74, 6) is -1.45. The Bertz CT molecular complexity index is 942. The molecule has 3 rings (SSSR count). The minimum absolute atomic E-state index is 0.144. The van der Waals surface area contributed by atoms with E-state index >= 15 is 0 Å². The summed E-state index contributed by atoms with van der Waals surface area (Å²) < 4.78 is 14.7. The van der Waals surface area contributed by atoms with Gasteiger partial charge >= 0.3 is 0 Å². The molecule has 116 valence electrons. The molecule has 0 unspecified atom stereocenters. The van der Waals surface area contributed by atoms with Crippen molar-refractivity contribution >= 4 is 50.3 Å². The normalized spacial score (nSPS) is 10.7. The van der Waals surface area contributed by atoms with Crippen molar-refractivity contribution in [2.24, 2.45) is 0 Å². The maximum absolute atomic E-state index is 13.8. The number of thiophene rings is 1. The van der Waals surface area contributed by atoms with E-state index in [1.165, 1.54) is 11.3 Å². The van der Waals surface area contributed by atoms with Gasteiger partial charge in [0, 0.05) is 16.2 Å². The Morgan fingerprint density at radius 2 is 2.00 bits per heavy atom. The number of nitro benzene ring substituents is 1. The molecule has 0 aliphatic rings. The van der Waals surface area contributed by atoms with Gasteiger partial charge in [0.25, 0.3) is 11.6 Å². The summed E-state index contributed by atoms with van der Waals surface area (Å²) >= 11 is 7.38. The highest BCUT2D eigenvalue weighted by Crippen LogP contribution is 2.35. The van der Waals surface area contributed by atoms with E-state index < -0.39 is 16.6 Å². The molecule has 0 bridgehead atoms. The molecule has 0 aliphatic carbocycles. The van der Waals surface area contributed by atoms with Crippen molar-refractivity contribution in [3.8, 4) is 0 Å². The van der Waals surface area contributed by atoms with Crippen LogP contribution in [-0.4, -0.2) is 10.8 Å². The molecule has 0 radical (unpaired) electrons. The molecule has 1 N–H and O–H groups in total. The SMILES string of the molecule is O=C(Nc1ccc([N+](=O)[O-])cc1F)c1sc2ccccc2c1Cl. The van der Waals surface area contributed by atoms with Crippen LogP contribution in [0.1, 0.15) is 9.67 Å². The zero-order valence-corrected chi connectivity index (χ0v) is 13.0. The molecule has 0 saturated carbocycles. The van der Waals surface area contributed by atoms with Crippen molar-refractivity contribution in [2.45, 2.75) is 0 Å². The van der Waals surface area contributed by atoms with Crippen LogP contribution in [0, 0.1) is 15.9 Å². The fraction of sp³-hybridized carbons (Fsp3) is 0. The monoisotopic (exact) mass is 350 g/mol. The first kappa shape index (κ1) is 15.4. The van der Waals surface area contributed by atoms with Crippen molar-refractivity contribution in [1.82, 2.24) is 0 Å². The number of hydrogen-bond donors (Lipinski definition) is 1. The molecule has 5 nitrogen and oxygen atoms in total. The predicted octanol–water partition coefficient (Wildman–Crippen LogP) is 4.85. The van der Waals surface area contributed by atoms with Crippen molar-refractivity contribution in [3.05, 3.63) is 68.3 Å². The molecule has 2 aromatic carbocycles. The summed E-state index contributed by atoms with van der Waals surface area (Å²) in [6, 6.07) is 10.3. The fourth-order valence-electron chi connectivity index (χ4n) is 2.06. The van der Waals surface area contributed by atoms with Gasteiger partial charge in [0.05, 0.1) is 21.7 Å². The van der Waals surface area contributed by atoms with Gasteiger partial charge in [0.1, 0.15) is 4.88 Å². The zero-order valence-electron chi connectivity index (χ0n) is 11.4. The summed E-state index contributed by atoms with van der Waals surface area (Å²) in [5.41, 5.74) is -0.533. The Balaban J connectivity index is 1.92. The van der Waals surface area contributed by atoms with Gasteiger partial charge < -0.3 is 5.32 Å². The van der Waals surface area contributed by atoms with Crippen LogP contribution in [0.25, 0.3) is 10.1 Å². The Morgan fingerprint density at radius 3 is 2.65 bits per heavy atom. The number of anilines is 1. The highest BCUT2D eigenvalue weighted by atomic mass is 35.5. The number of rotatable bonds is 3.